The average molecular weight is 289 g/mol. The van der Waals surface area contributed by atoms with Crippen molar-refractivity contribution in [1.29, 1.82) is 0 Å². The molecule has 112 valence electrons. The third-order valence-electron chi connectivity index (χ3n) is 3.24. The second-order valence-corrected chi connectivity index (χ2v) is 4.59. The molecule has 0 heterocycles. The molecule has 1 N–H and O–H groups in total. The van der Waals surface area contributed by atoms with E-state index in [1.807, 2.05) is 0 Å². The van der Waals surface area contributed by atoms with Crippen molar-refractivity contribution in [2.75, 3.05) is 13.2 Å². The van der Waals surface area contributed by atoms with Gasteiger partial charge in [0.25, 0.3) is 0 Å². The zero-order chi connectivity index (χ0) is 14.7. The van der Waals surface area contributed by atoms with Crippen LogP contribution in [0.1, 0.15) is 32.1 Å². The molecule has 0 atom stereocenters. The van der Waals surface area contributed by atoms with Gasteiger partial charge in [-0.25, -0.2) is 0 Å². The lowest BCUT2D eigenvalue weighted by molar-refractivity contribution is -0.275. The van der Waals surface area contributed by atoms with Gasteiger partial charge in [0.1, 0.15) is 0 Å². The minimum atomic E-state index is -5.91. The number of amides is 1. The Hall–Kier alpha value is -0.920. The molecular weight excluding hydrogens is 273 g/mol. The third-order valence-corrected chi connectivity index (χ3v) is 3.24. The largest absolute Gasteiger partial charge is 0.463 e. The van der Waals surface area contributed by atoms with Crippen LogP contribution in [0.3, 0.4) is 0 Å². The Bertz CT molecular complexity index is 313. The number of carbonyl (C=O) groups excluding carboxylic acids is 1. The summed E-state index contributed by atoms with van der Waals surface area (Å²) in [6.45, 7) is -1.15. The summed E-state index contributed by atoms with van der Waals surface area (Å²) in [5.41, 5.74) is 0. The molecule has 0 saturated heterocycles. The van der Waals surface area contributed by atoms with Gasteiger partial charge in [0.15, 0.2) is 0 Å². The molecule has 19 heavy (non-hydrogen) atoms. The number of halogens is 5. The fourth-order valence-corrected chi connectivity index (χ4v) is 2.25. The SMILES string of the molecule is O=C(N(CCO)C1CCCCC1)C(F)(F)C(F)(F)F. The van der Waals surface area contributed by atoms with Gasteiger partial charge >= 0.3 is 18.0 Å². The van der Waals surface area contributed by atoms with E-state index in [0.717, 1.165) is 6.42 Å². The van der Waals surface area contributed by atoms with Gasteiger partial charge in [0.05, 0.1) is 6.61 Å². The van der Waals surface area contributed by atoms with Gasteiger partial charge in [-0.1, -0.05) is 19.3 Å². The van der Waals surface area contributed by atoms with Crippen molar-refractivity contribution in [2.45, 2.75) is 50.2 Å². The van der Waals surface area contributed by atoms with Gasteiger partial charge in [-0.05, 0) is 12.8 Å². The minimum Gasteiger partial charge on any atom is -0.395 e. The number of hydrogen-bond donors (Lipinski definition) is 1. The highest BCUT2D eigenvalue weighted by molar-refractivity contribution is 5.84. The van der Waals surface area contributed by atoms with E-state index in [4.69, 9.17) is 5.11 Å². The van der Waals surface area contributed by atoms with Gasteiger partial charge in [0.2, 0.25) is 0 Å². The lowest BCUT2D eigenvalue weighted by Gasteiger charge is -2.36. The summed E-state index contributed by atoms with van der Waals surface area (Å²) < 4.78 is 62.7. The molecule has 0 aromatic carbocycles. The van der Waals surface area contributed by atoms with Crippen molar-refractivity contribution in [1.82, 2.24) is 4.90 Å². The van der Waals surface area contributed by atoms with Crippen molar-refractivity contribution in [3.63, 3.8) is 0 Å². The predicted molar refractivity (Wildman–Crippen MR) is 56.7 cm³/mol. The summed E-state index contributed by atoms with van der Waals surface area (Å²) in [7, 11) is 0. The zero-order valence-corrected chi connectivity index (χ0v) is 10.2. The maximum atomic E-state index is 13.1. The van der Waals surface area contributed by atoms with Crippen LogP contribution in [0.4, 0.5) is 22.0 Å². The highest BCUT2D eigenvalue weighted by Crippen LogP contribution is 2.38. The van der Waals surface area contributed by atoms with Crippen LogP contribution in [0.25, 0.3) is 0 Å². The van der Waals surface area contributed by atoms with E-state index in [1.165, 1.54) is 0 Å². The summed E-state index contributed by atoms with van der Waals surface area (Å²) in [6.07, 6.45) is -2.91. The number of alkyl halides is 5. The highest BCUT2D eigenvalue weighted by atomic mass is 19.4. The highest BCUT2D eigenvalue weighted by Gasteiger charge is 2.65. The maximum Gasteiger partial charge on any atom is 0.463 e. The minimum absolute atomic E-state index is 0.389. The number of carbonyl (C=O) groups is 1. The van der Waals surface area contributed by atoms with E-state index in [2.05, 4.69) is 0 Å². The van der Waals surface area contributed by atoms with E-state index in [9.17, 15) is 26.7 Å². The molecule has 0 aliphatic heterocycles. The van der Waals surface area contributed by atoms with E-state index in [1.54, 1.807) is 0 Å². The van der Waals surface area contributed by atoms with Gasteiger partial charge < -0.3 is 10.0 Å². The quantitative estimate of drug-likeness (QED) is 0.807. The van der Waals surface area contributed by atoms with Gasteiger partial charge in [0, 0.05) is 12.6 Å². The molecule has 1 saturated carbocycles. The standard InChI is InChI=1S/C11H16F5NO2/c12-10(13,11(14,15)16)9(19)17(6-7-18)8-4-2-1-3-5-8/h8,18H,1-7H2. The first-order valence-corrected chi connectivity index (χ1v) is 6.08. The molecule has 0 radical (unpaired) electrons. The molecule has 3 nitrogen and oxygen atoms in total. The van der Waals surface area contributed by atoms with Crippen LogP contribution in [0.15, 0.2) is 0 Å². The Morgan fingerprint density at radius 1 is 1.11 bits per heavy atom. The van der Waals surface area contributed by atoms with Crippen LogP contribution < -0.4 is 0 Å². The molecule has 1 rings (SSSR count). The average Bonchev–Trinajstić information content (AvgIpc) is 2.34. The molecule has 0 aromatic heterocycles. The van der Waals surface area contributed by atoms with Crippen LogP contribution >= 0.6 is 0 Å². The first-order chi connectivity index (χ1) is 8.71. The smallest absolute Gasteiger partial charge is 0.395 e. The topological polar surface area (TPSA) is 40.5 Å². The fourth-order valence-electron chi connectivity index (χ4n) is 2.25. The first kappa shape index (κ1) is 16.1. The molecule has 1 aliphatic rings. The molecular formula is C11H16F5NO2. The van der Waals surface area contributed by atoms with E-state index in [-0.39, 0.29) is 0 Å². The molecule has 1 aliphatic carbocycles. The Morgan fingerprint density at radius 3 is 2.05 bits per heavy atom. The third kappa shape index (κ3) is 3.55. The molecule has 8 heteroatoms. The number of aliphatic hydroxyl groups excluding tert-OH is 1. The van der Waals surface area contributed by atoms with Crippen LogP contribution in [0.2, 0.25) is 0 Å². The van der Waals surface area contributed by atoms with Crippen molar-refractivity contribution in [2.24, 2.45) is 0 Å². The normalized spacial score (nSPS) is 18.4. The van der Waals surface area contributed by atoms with Crippen LogP contribution in [-0.4, -0.2) is 47.2 Å². The number of aliphatic hydroxyl groups is 1. The molecule has 1 fully saturated rings. The second kappa shape index (κ2) is 6.02. The second-order valence-electron chi connectivity index (χ2n) is 4.59. The van der Waals surface area contributed by atoms with Gasteiger partial charge in [-0.15, -0.1) is 0 Å². The number of hydrogen-bond acceptors (Lipinski definition) is 2. The van der Waals surface area contributed by atoms with E-state index < -0.39 is 37.2 Å². The Balaban J connectivity index is 2.88. The van der Waals surface area contributed by atoms with Crippen molar-refractivity contribution in [3.8, 4) is 0 Å². The van der Waals surface area contributed by atoms with Crippen LogP contribution in [0, 0.1) is 0 Å². The molecule has 0 bridgehead atoms. The molecule has 0 aromatic rings. The van der Waals surface area contributed by atoms with Gasteiger partial charge in [-0.2, -0.15) is 22.0 Å². The lowest BCUT2D eigenvalue weighted by atomic mass is 9.93. The summed E-state index contributed by atoms with van der Waals surface area (Å²) in [5, 5.41) is 8.76. The zero-order valence-electron chi connectivity index (χ0n) is 10.2. The van der Waals surface area contributed by atoms with Crippen molar-refractivity contribution < 1.29 is 31.9 Å². The Kier molecular flexibility index (Phi) is 5.11. The van der Waals surface area contributed by atoms with Crippen LogP contribution in [-0.2, 0) is 4.79 Å². The maximum absolute atomic E-state index is 13.1. The van der Waals surface area contributed by atoms with Gasteiger partial charge in [-0.3, -0.25) is 4.79 Å². The predicted octanol–water partition coefficient (Wildman–Crippen LogP) is 2.34. The molecule has 0 unspecified atom stereocenters. The lowest BCUT2D eigenvalue weighted by Crippen LogP contribution is -2.56. The number of rotatable bonds is 4. The molecule has 1 amide bonds. The van der Waals surface area contributed by atoms with Crippen molar-refractivity contribution in [3.05, 3.63) is 0 Å². The van der Waals surface area contributed by atoms with Crippen molar-refractivity contribution >= 4 is 5.91 Å². The van der Waals surface area contributed by atoms with E-state index >= 15 is 0 Å². The van der Waals surface area contributed by atoms with Crippen LogP contribution in [0.5, 0.6) is 0 Å². The summed E-state index contributed by atoms with van der Waals surface area (Å²) in [4.78, 5) is 11.9. The Morgan fingerprint density at radius 2 is 1.63 bits per heavy atom. The summed E-state index contributed by atoms with van der Waals surface area (Å²) in [5.74, 6) is -7.67. The molecule has 0 spiro atoms. The summed E-state index contributed by atoms with van der Waals surface area (Å²) in [6, 6.07) is -0.651. The fraction of sp³-hybridized carbons (Fsp3) is 0.909. The van der Waals surface area contributed by atoms with E-state index in [0.29, 0.717) is 30.6 Å². The monoisotopic (exact) mass is 289 g/mol. The number of nitrogens with zero attached hydrogens (tertiary/aromatic N) is 1. The Labute approximate surface area is 107 Å². The summed E-state index contributed by atoms with van der Waals surface area (Å²) >= 11 is 0. The first-order valence-electron chi connectivity index (χ1n) is 6.08.